The van der Waals surface area contributed by atoms with Gasteiger partial charge in [0.05, 0.1) is 6.67 Å². The van der Waals surface area contributed by atoms with Crippen molar-refractivity contribution in [2.24, 2.45) is 5.73 Å². The van der Waals surface area contributed by atoms with Crippen LogP contribution in [0.3, 0.4) is 0 Å². The summed E-state index contributed by atoms with van der Waals surface area (Å²) in [5.41, 5.74) is 5.04. The van der Waals surface area contributed by atoms with E-state index in [4.69, 9.17) is 5.73 Å². The van der Waals surface area contributed by atoms with Gasteiger partial charge >= 0.3 is 6.09 Å². The summed E-state index contributed by atoms with van der Waals surface area (Å²) in [7, 11) is 1.41. The van der Waals surface area contributed by atoms with Crippen LogP contribution in [-0.4, -0.2) is 31.8 Å². The van der Waals surface area contributed by atoms with Crippen LogP contribution in [0.2, 0.25) is 0 Å². The van der Waals surface area contributed by atoms with Crippen molar-refractivity contribution in [3.63, 3.8) is 0 Å². The third-order valence-electron chi connectivity index (χ3n) is 1.13. The molecule has 0 aromatic heterocycles. The molecule has 0 spiro atoms. The quantitative estimate of drug-likeness (QED) is 0.468. The molecule has 0 fully saturated rings. The topological polar surface area (TPSA) is 93.4 Å². The van der Waals surface area contributed by atoms with Gasteiger partial charge in [-0.3, -0.25) is 4.79 Å². The summed E-state index contributed by atoms with van der Waals surface area (Å²) in [6.45, 7) is 1.49. The van der Waals surface area contributed by atoms with E-state index in [-0.39, 0.29) is 6.67 Å². The van der Waals surface area contributed by atoms with Gasteiger partial charge in [-0.15, -0.1) is 0 Å². The number of hydrogen-bond donors (Lipinski definition) is 3. The molecule has 0 saturated carbocycles. The molecule has 70 valence electrons. The molecule has 0 aliphatic rings. The van der Waals surface area contributed by atoms with Crippen molar-refractivity contribution < 1.29 is 14.3 Å². The molecule has 0 rings (SSSR count). The zero-order valence-electron chi connectivity index (χ0n) is 7.09. The van der Waals surface area contributed by atoms with E-state index in [1.54, 1.807) is 0 Å². The Balaban J connectivity index is 3.78. The monoisotopic (exact) mass is 175 g/mol. The predicted molar refractivity (Wildman–Crippen MR) is 42.2 cm³/mol. The predicted octanol–water partition coefficient (Wildman–Crippen LogP) is -1.24. The summed E-state index contributed by atoms with van der Waals surface area (Å²) in [4.78, 5) is 21.5. The number of carbonyl (C=O) groups is 2. The molecular formula is C6H13N3O3. The largest absolute Gasteiger partial charge is 0.436 e. The second-order valence-electron chi connectivity index (χ2n) is 2.04. The van der Waals surface area contributed by atoms with Gasteiger partial charge in [-0.2, -0.15) is 0 Å². The number of nitrogens with one attached hydrogen (secondary N) is 2. The van der Waals surface area contributed by atoms with Crippen molar-refractivity contribution >= 4 is 12.0 Å². The molecule has 0 aromatic carbocycles. The van der Waals surface area contributed by atoms with Crippen LogP contribution in [0.1, 0.15) is 6.92 Å². The molecule has 1 atom stereocenters. The maximum absolute atomic E-state index is 10.9. The molecule has 1 unspecified atom stereocenters. The highest BCUT2D eigenvalue weighted by Crippen LogP contribution is 1.90. The van der Waals surface area contributed by atoms with Gasteiger partial charge in [0.25, 0.3) is 5.91 Å². The van der Waals surface area contributed by atoms with Crippen LogP contribution < -0.4 is 16.4 Å². The minimum atomic E-state index is -0.825. The second kappa shape index (κ2) is 5.36. The van der Waals surface area contributed by atoms with Crippen LogP contribution in [0.5, 0.6) is 0 Å². The van der Waals surface area contributed by atoms with Crippen LogP contribution in [0, 0.1) is 0 Å². The first-order valence-corrected chi connectivity index (χ1v) is 3.48. The van der Waals surface area contributed by atoms with E-state index in [2.05, 4.69) is 15.4 Å². The Hall–Kier alpha value is -1.30. The Morgan fingerprint density at radius 3 is 2.58 bits per heavy atom. The Morgan fingerprint density at radius 2 is 2.17 bits per heavy atom. The highest BCUT2D eigenvalue weighted by atomic mass is 16.6. The third kappa shape index (κ3) is 3.77. The second-order valence-corrected chi connectivity index (χ2v) is 2.04. The number of nitrogens with two attached hydrogens (primary N) is 1. The first kappa shape index (κ1) is 10.7. The molecule has 0 heterocycles. The van der Waals surface area contributed by atoms with E-state index < -0.39 is 18.1 Å². The Morgan fingerprint density at radius 1 is 1.58 bits per heavy atom. The van der Waals surface area contributed by atoms with Gasteiger partial charge < -0.3 is 21.1 Å². The van der Waals surface area contributed by atoms with Crippen molar-refractivity contribution in [3.05, 3.63) is 0 Å². The molecule has 4 N–H and O–H groups in total. The third-order valence-corrected chi connectivity index (χ3v) is 1.13. The summed E-state index contributed by atoms with van der Waals surface area (Å²) >= 11 is 0. The lowest BCUT2D eigenvalue weighted by molar-refractivity contribution is -0.128. The van der Waals surface area contributed by atoms with Crippen molar-refractivity contribution in [1.82, 2.24) is 10.6 Å². The minimum absolute atomic E-state index is 0.0281. The average Bonchev–Trinajstić information content (AvgIpc) is 2.04. The van der Waals surface area contributed by atoms with Gasteiger partial charge in [0.15, 0.2) is 6.10 Å². The molecule has 0 aliphatic heterocycles. The number of hydrogen-bond acceptors (Lipinski definition) is 4. The van der Waals surface area contributed by atoms with Gasteiger partial charge in [-0.05, 0) is 6.92 Å². The standard InChI is InChI=1S/C6H13N3O3/c1-4(5(10)9-3-7)12-6(11)8-2/h4H,3,7H2,1-2H3,(H,8,11)(H,9,10). The number of ether oxygens (including phenoxy) is 1. The molecule has 2 amide bonds. The van der Waals surface area contributed by atoms with E-state index in [0.717, 1.165) is 0 Å². The van der Waals surface area contributed by atoms with Crippen molar-refractivity contribution in [3.8, 4) is 0 Å². The lowest BCUT2D eigenvalue weighted by Crippen LogP contribution is -2.40. The molecule has 0 aromatic rings. The van der Waals surface area contributed by atoms with Gasteiger partial charge in [0, 0.05) is 7.05 Å². The Bertz CT molecular complexity index is 171. The van der Waals surface area contributed by atoms with Gasteiger partial charge in [0.1, 0.15) is 0 Å². The Kier molecular flexibility index (Phi) is 4.78. The summed E-state index contributed by atoms with van der Waals surface area (Å²) in [5.74, 6) is -0.416. The smallest absolute Gasteiger partial charge is 0.407 e. The molecular weight excluding hydrogens is 162 g/mol. The van der Waals surface area contributed by atoms with E-state index in [1.807, 2.05) is 0 Å². The minimum Gasteiger partial charge on any atom is -0.436 e. The number of alkyl carbamates (subject to hydrolysis) is 1. The fourth-order valence-electron chi connectivity index (χ4n) is 0.517. The normalized spacial score (nSPS) is 11.6. The van der Waals surface area contributed by atoms with Crippen LogP contribution in [0.15, 0.2) is 0 Å². The number of rotatable bonds is 3. The zero-order valence-corrected chi connectivity index (χ0v) is 7.09. The summed E-state index contributed by atoms with van der Waals surface area (Å²) < 4.78 is 4.60. The lowest BCUT2D eigenvalue weighted by Gasteiger charge is -2.11. The van der Waals surface area contributed by atoms with E-state index in [9.17, 15) is 9.59 Å². The summed E-state index contributed by atoms with van der Waals surface area (Å²) in [6, 6.07) is 0. The lowest BCUT2D eigenvalue weighted by atomic mass is 10.4. The van der Waals surface area contributed by atoms with Gasteiger partial charge in [-0.1, -0.05) is 0 Å². The maximum Gasteiger partial charge on any atom is 0.407 e. The zero-order chi connectivity index (χ0) is 9.56. The van der Waals surface area contributed by atoms with Crippen molar-refractivity contribution in [2.75, 3.05) is 13.7 Å². The summed E-state index contributed by atoms with van der Waals surface area (Å²) in [5, 5.41) is 4.53. The molecule has 0 radical (unpaired) electrons. The molecule has 6 nitrogen and oxygen atoms in total. The van der Waals surface area contributed by atoms with Crippen LogP contribution >= 0.6 is 0 Å². The van der Waals surface area contributed by atoms with Gasteiger partial charge in [-0.25, -0.2) is 4.79 Å². The van der Waals surface area contributed by atoms with E-state index in [1.165, 1.54) is 14.0 Å². The highest BCUT2D eigenvalue weighted by molar-refractivity contribution is 5.82. The SMILES string of the molecule is CNC(=O)OC(C)C(=O)NCN. The van der Waals surface area contributed by atoms with E-state index in [0.29, 0.717) is 0 Å². The first-order chi connectivity index (χ1) is 5.61. The highest BCUT2D eigenvalue weighted by Gasteiger charge is 2.15. The van der Waals surface area contributed by atoms with Crippen LogP contribution in [0.4, 0.5) is 4.79 Å². The van der Waals surface area contributed by atoms with Crippen molar-refractivity contribution in [1.29, 1.82) is 0 Å². The number of carbonyl (C=O) groups excluding carboxylic acids is 2. The average molecular weight is 175 g/mol. The maximum atomic E-state index is 10.9. The molecule has 0 bridgehead atoms. The molecule has 0 aliphatic carbocycles. The van der Waals surface area contributed by atoms with E-state index >= 15 is 0 Å². The fourth-order valence-corrected chi connectivity index (χ4v) is 0.517. The van der Waals surface area contributed by atoms with Gasteiger partial charge in [0.2, 0.25) is 0 Å². The fraction of sp³-hybridized carbons (Fsp3) is 0.667. The Labute approximate surface area is 70.4 Å². The molecule has 6 heteroatoms. The molecule has 12 heavy (non-hydrogen) atoms. The summed E-state index contributed by atoms with van der Waals surface area (Å²) in [6.07, 6.45) is -1.47. The van der Waals surface area contributed by atoms with Crippen LogP contribution in [0.25, 0.3) is 0 Å². The van der Waals surface area contributed by atoms with Crippen molar-refractivity contribution in [2.45, 2.75) is 13.0 Å². The number of amides is 2. The first-order valence-electron chi connectivity index (χ1n) is 3.48. The van der Waals surface area contributed by atoms with Crippen LogP contribution in [-0.2, 0) is 9.53 Å². The molecule has 0 saturated heterocycles.